The molecule has 0 aliphatic heterocycles. The Labute approximate surface area is 115 Å². The Bertz CT molecular complexity index is 493. The summed E-state index contributed by atoms with van der Waals surface area (Å²) in [6.07, 6.45) is 0. The summed E-state index contributed by atoms with van der Waals surface area (Å²) in [6.45, 7) is 5.24. The first kappa shape index (κ1) is 15.2. The number of nitrogens with one attached hydrogen (secondary N) is 2. The first-order chi connectivity index (χ1) is 8.81. The summed E-state index contributed by atoms with van der Waals surface area (Å²) in [6, 6.07) is 1.89. The summed E-state index contributed by atoms with van der Waals surface area (Å²) in [5.74, 6) is -0.296. The minimum absolute atomic E-state index is 0.0148. The maximum absolute atomic E-state index is 11.7. The van der Waals surface area contributed by atoms with Gasteiger partial charge in [0.2, 0.25) is 11.7 Å². The fourth-order valence-electron chi connectivity index (χ4n) is 1.36. The van der Waals surface area contributed by atoms with E-state index < -0.39 is 11.0 Å². The molecule has 0 aliphatic rings. The second-order valence-electron chi connectivity index (χ2n) is 4.29. The summed E-state index contributed by atoms with van der Waals surface area (Å²) in [5.41, 5.74) is -0.228. The molecular formula is C11H15ClN4O3. The van der Waals surface area contributed by atoms with Crippen molar-refractivity contribution in [2.24, 2.45) is 0 Å². The van der Waals surface area contributed by atoms with E-state index in [9.17, 15) is 14.9 Å². The van der Waals surface area contributed by atoms with Crippen molar-refractivity contribution < 1.29 is 9.72 Å². The fraction of sp³-hybridized carbons (Fsp3) is 0.455. The number of hydrogen-bond acceptors (Lipinski definition) is 5. The molecule has 1 aromatic rings. The number of halogens is 1. The van der Waals surface area contributed by atoms with Crippen LogP contribution in [0, 0.1) is 10.1 Å². The number of anilines is 1. The molecule has 0 bridgehead atoms. The van der Waals surface area contributed by atoms with E-state index in [1.165, 1.54) is 12.1 Å². The molecule has 1 amide bonds. The predicted molar refractivity (Wildman–Crippen MR) is 72.3 cm³/mol. The van der Waals surface area contributed by atoms with Crippen molar-refractivity contribution in [2.45, 2.75) is 32.9 Å². The number of rotatable bonds is 5. The van der Waals surface area contributed by atoms with Crippen LogP contribution in [0.4, 0.5) is 11.5 Å². The summed E-state index contributed by atoms with van der Waals surface area (Å²) >= 11 is 5.69. The summed E-state index contributed by atoms with van der Waals surface area (Å²) in [4.78, 5) is 25.8. The largest absolute Gasteiger partial charge is 0.353 e. The Morgan fingerprint density at radius 1 is 1.42 bits per heavy atom. The molecule has 104 valence electrons. The van der Waals surface area contributed by atoms with E-state index in [2.05, 4.69) is 15.6 Å². The SMILES string of the molecule is CC(C)NC(=O)C(C)Nc1nc(Cl)ccc1[N+](=O)[O-]. The van der Waals surface area contributed by atoms with Gasteiger partial charge in [-0.25, -0.2) is 4.98 Å². The minimum Gasteiger partial charge on any atom is -0.353 e. The Kier molecular flexibility index (Phi) is 5.05. The van der Waals surface area contributed by atoms with Gasteiger partial charge in [-0.2, -0.15) is 0 Å². The summed E-state index contributed by atoms with van der Waals surface area (Å²) in [5, 5.41) is 16.3. The Hall–Kier alpha value is -1.89. The van der Waals surface area contributed by atoms with Crippen LogP contribution in [0.2, 0.25) is 5.15 Å². The lowest BCUT2D eigenvalue weighted by atomic mass is 10.2. The predicted octanol–water partition coefficient (Wildman–Crippen LogP) is 1.97. The maximum atomic E-state index is 11.7. The van der Waals surface area contributed by atoms with Crippen molar-refractivity contribution in [1.82, 2.24) is 10.3 Å². The fourth-order valence-corrected chi connectivity index (χ4v) is 1.51. The van der Waals surface area contributed by atoms with Gasteiger partial charge in [0.1, 0.15) is 11.2 Å². The average molecular weight is 287 g/mol. The van der Waals surface area contributed by atoms with E-state index in [0.29, 0.717) is 0 Å². The van der Waals surface area contributed by atoms with E-state index >= 15 is 0 Å². The van der Waals surface area contributed by atoms with Crippen LogP contribution in [-0.2, 0) is 4.79 Å². The van der Waals surface area contributed by atoms with E-state index in [-0.39, 0.29) is 28.6 Å². The molecule has 0 saturated heterocycles. The molecule has 1 heterocycles. The third-order valence-electron chi connectivity index (χ3n) is 2.21. The quantitative estimate of drug-likeness (QED) is 0.490. The third kappa shape index (κ3) is 4.36. The Morgan fingerprint density at radius 2 is 2.05 bits per heavy atom. The van der Waals surface area contributed by atoms with Crippen LogP contribution in [0.3, 0.4) is 0 Å². The van der Waals surface area contributed by atoms with Gasteiger partial charge in [0.05, 0.1) is 4.92 Å². The van der Waals surface area contributed by atoms with Crippen LogP contribution in [0.1, 0.15) is 20.8 Å². The van der Waals surface area contributed by atoms with Gasteiger partial charge < -0.3 is 10.6 Å². The number of carbonyl (C=O) groups excluding carboxylic acids is 1. The van der Waals surface area contributed by atoms with Gasteiger partial charge in [0.15, 0.2) is 0 Å². The van der Waals surface area contributed by atoms with Gasteiger partial charge >= 0.3 is 5.69 Å². The summed E-state index contributed by atoms with van der Waals surface area (Å²) in [7, 11) is 0. The molecule has 19 heavy (non-hydrogen) atoms. The number of nitrogens with zero attached hydrogens (tertiary/aromatic N) is 2. The van der Waals surface area contributed by atoms with Crippen LogP contribution in [0.15, 0.2) is 12.1 Å². The Morgan fingerprint density at radius 3 is 2.58 bits per heavy atom. The number of carbonyl (C=O) groups is 1. The molecule has 0 aliphatic carbocycles. The van der Waals surface area contributed by atoms with Crippen LogP contribution >= 0.6 is 11.6 Å². The maximum Gasteiger partial charge on any atom is 0.311 e. The molecule has 7 nitrogen and oxygen atoms in total. The zero-order valence-electron chi connectivity index (χ0n) is 10.8. The van der Waals surface area contributed by atoms with E-state index in [4.69, 9.17) is 11.6 Å². The van der Waals surface area contributed by atoms with Gasteiger partial charge in [-0.1, -0.05) is 11.6 Å². The first-order valence-electron chi connectivity index (χ1n) is 5.69. The monoisotopic (exact) mass is 286 g/mol. The highest BCUT2D eigenvalue weighted by molar-refractivity contribution is 6.29. The zero-order valence-corrected chi connectivity index (χ0v) is 11.6. The molecule has 0 radical (unpaired) electrons. The van der Waals surface area contributed by atoms with Gasteiger partial charge in [0, 0.05) is 12.1 Å². The molecule has 1 unspecified atom stereocenters. The smallest absolute Gasteiger partial charge is 0.311 e. The molecule has 0 fully saturated rings. The topological polar surface area (TPSA) is 97.2 Å². The third-order valence-corrected chi connectivity index (χ3v) is 2.42. The molecule has 2 N–H and O–H groups in total. The zero-order chi connectivity index (χ0) is 14.6. The molecule has 0 aromatic carbocycles. The molecule has 1 rings (SSSR count). The van der Waals surface area contributed by atoms with E-state index in [1.807, 2.05) is 13.8 Å². The molecule has 8 heteroatoms. The standard InChI is InChI=1S/C11H15ClN4O3/c1-6(2)13-11(17)7(3)14-10-8(16(18)19)4-5-9(12)15-10/h4-7H,1-3H3,(H,13,17)(H,14,15). The van der Waals surface area contributed by atoms with Crippen LogP contribution in [0.25, 0.3) is 0 Å². The molecular weight excluding hydrogens is 272 g/mol. The average Bonchev–Trinajstić information content (AvgIpc) is 2.27. The van der Waals surface area contributed by atoms with E-state index in [0.717, 1.165) is 0 Å². The van der Waals surface area contributed by atoms with Crippen molar-refractivity contribution in [1.29, 1.82) is 0 Å². The van der Waals surface area contributed by atoms with Crippen molar-refractivity contribution in [2.75, 3.05) is 5.32 Å². The van der Waals surface area contributed by atoms with Crippen LogP contribution < -0.4 is 10.6 Å². The molecule has 0 saturated carbocycles. The normalized spacial score (nSPS) is 12.1. The van der Waals surface area contributed by atoms with Crippen molar-refractivity contribution in [3.05, 3.63) is 27.4 Å². The summed E-state index contributed by atoms with van der Waals surface area (Å²) < 4.78 is 0. The van der Waals surface area contributed by atoms with Crippen molar-refractivity contribution in [3.63, 3.8) is 0 Å². The number of amides is 1. The van der Waals surface area contributed by atoms with Crippen LogP contribution in [0.5, 0.6) is 0 Å². The lowest BCUT2D eigenvalue weighted by molar-refractivity contribution is -0.384. The number of pyridine rings is 1. The first-order valence-corrected chi connectivity index (χ1v) is 6.07. The van der Waals surface area contributed by atoms with Crippen molar-refractivity contribution >= 4 is 29.0 Å². The lowest BCUT2D eigenvalue weighted by Gasteiger charge is -2.16. The highest BCUT2D eigenvalue weighted by Crippen LogP contribution is 2.24. The lowest BCUT2D eigenvalue weighted by Crippen LogP contribution is -2.41. The van der Waals surface area contributed by atoms with Crippen LogP contribution in [-0.4, -0.2) is 27.9 Å². The van der Waals surface area contributed by atoms with Gasteiger partial charge in [-0.05, 0) is 26.8 Å². The van der Waals surface area contributed by atoms with E-state index in [1.54, 1.807) is 6.92 Å². The molecule has 1 aromatic heterocycles. The highest BCUT2D eigenvalue weighted by atomic mass is 35.5. The number of aromatic nitrogens is 1. The van der Waals surface area contributed by atoms with Gasteiger partial charge in [0.25, 0.3) is 0 Å². The second-order valence-corrected chi connectivity index (χ2v) is 4.68. The molecule has 0 spiro atoms. The van der Waals surface area contributed by atoms with Crippen molar-refractivity contribution in [3.8, 4) is 0 Å². The number of nitro groups is 1. The van der Waals surface area contributed by atoms with Gasteiger partial charge in [-0.3, -0.25) is 14.9 Å². The Balaban J connectivity index is 2.89. The number of hydrogen-bond donors (Lipinski definition) is 2. The van der Waals surface area contributed by atoms with Gasteiger partial charge in [-0.15, -0.1) is 0 Å². The second kappa shape index (κ2) is 6.33. The highest BCUT2D eigenvalue weighted by Gasteiger charge is 2.21. The molecule has 1 atom stereocenters. The minimum atomic E-state index is -0.660.